The standard InChI is InChI=1S/C22H28N2O4/c1-4-23-22(26)17(2)24(15-14-18-8-6-5-7-9-18)21(25)16-28-20-12-10-19(27-3)11-13-20/h5-13,17H,4,14-16H2,1-3H3,(H,23,26)/t17-/m1/s1. The van der Waals surface area contributed by atoms with Crippen LogP contribution in [0.25, 0.3) is 0 Å². The molecule has 0 aliphatic rings. The van der Waals surface area contributed by atoms with Gasteiger partial charge in [0.2, 0.25) is 5.91 Å². The molecule has 0 fully saturated rings. The molecule has 0 aliphatic heterocycles. The number of ether oxygens (including phenoxy) is 2. The highest BCUT2D eigenvalue weighted by molar-refractivity contribution is 5.87. The van der Waals surface area contributed by atoms with Crippen LogP contribution in [0.3, 0.4) is 0 Å². The van der Waals surface area contributed by atoms with Crippen LogP contribution in [0.4, 0.5) is 0 Å². The van der Waals surface area contributed by atoms with Gasteiger partial charge in [0.05, 0.1) is 7.11 Å². The second-order valence-corrected chi connectivity index (χ2v) is 6.36. The van der Waals surface area contributed by atoms with Crippen molar-refractivity contribution in [2.75, 3.05) is 26.8 Å². The van der Waals surface area contributed by atoms with Gasteiger partial charge < -0.3 is 19.7 Å². The summed E-state index contributed by atoms with van der Waals surface area (Å²) in [6.07, 6.45) is 0.666. The molecule has 1 N–H and O–H groups in total. The lowest BCUT2D eigenvalue weighted by atomic mass is 10.1. The van der Waals surface area contributed by atoms with Crippen LogP contribution < -0.4 is 14.8 Å². The second-order valence-electron chi connectivity index (χ2n) is 6.36. The maximum Gasteiger partial charge on any atom is 0.261 e. The molecule has 0 aromatic heterocycles. The number of amides is 2. The minimum atomic E-state index is -0.573. The Labute approximate surface area is 166 Å². The highest BCUT2D eigenvalue weighted by Crippen LogP contribution is 2.17. The zero-order valence-electron chi connectivity index (χ0n) is 16.7. The summed E-state index contributed by atoms with van der Waals surface area (Å²) in [5.74, 6) is 0.884. The fourth-order valence-corrected chi connectivity index (χ4v) is 2.79. The summed E-state index contributed by atoms with van der Waals surface area (Å²) in [7, 11) is 1.59. The number of benzene rings is 2. The van der Waals surface area contributed by atoms with E-state index in [9.17, 15) is 9.59 Å². The number of methoxy groups -OCH3 is 1. The first kappa shape index (κ1) is 21.3. The molecule has 0 spiro atoms. The van der Waals surface area contributed by atoms with Crippen molar-refractivity contribution in [2.24, 2.45) is 0 Å². The summed E-state index contributed by atoms with van der Waals surface area (Å²) in [4.78, 5) is 26.7. The SMILES string of the molecule is CCNC(=O)[C@@H](C)N(CCc1ccccc1)C(=O)COc1ccc(OC)cc1. The van der Waals surface area contributed by atoms with Crippen molar-refractivity contribution in [3.8, 4) is 11.5 Å². The van der Waals surface area contributed by atoms with E-state index in [2.05, 4.69) is 5.32 Å². The van der Waals surface area contributed by atoms with Crippen molar-refractivity contribution in [3.05, 3.63) is 60.2 Å². The molecule has 0 saturated carbocycles. The summed E-state index contributed by atoms with van der Waals surface area (Å²) in [5, 5.41) is 2.78. The summed E-state index contributed by atoms with van der Waals surface area (Å²) >= 11 is 0. The summed E-state index contributed by atoms with van der Waals surface area (Å²) < 4.78 is 10.7. The molecule has 0 saturated heterocycles. The molecule has 150 valence electrons. The van der Waals surface area contributed by atoms with Gasteiger partial charge in [-0.05, 0) is 50.1 Å². The highest BCUT2D eigenvalue weighted by atomic mass is 16.5. The van der Waals surface area contributed by atoms with Crippen LogP contribution in [0.5, 0.6) is 11.5 Å². The van der Waals surface area contributed by atoms with E-state index < -0.39 is 6.04 Å². The predicted molar refractivity (Wildman–Crippen MR) is 108 cm³/mol. The van der Waals surface area contributed by atoms with E-state index in [4.69, 9.17) is 9.47 Å². The fourth-order valence-electron chi connectivity index (χ4n) is 2.79. The molecule has 0 radical (unpaired) electrons. The van der Waals surface area contributed by atoms with Gasteiger partial charge in [-0.3, -0.25) is 9.59 Å². The van der Waals surface area contributed by atoms with E-state index in [0.717, 1.165) is 5.56 Å². The number of nitrogens with one attached hydrogen (secondary N) is 1. The van der Waals surface area contributed by atoms with Crippen molar-refractivity contribution >= 4 is 11.8 Å². The Hall–Kier alpha value is -3.02. The Morgan fingerprint density at radius 2 is 1.68 bits per heavy atom. The first-order valence-corrected chi connectivity index (χ1v) is 9.43. The molecule has 28 heavy (non-hydrogen) atoms. The lowest BCUT2D eigenvalue weighted by Gasteiger charge is -2.28. The maximum absolute atomic E-state index is 12.8. The van der Waals surface area contributed by atoms with Crippen molar-refractivity contribution in [3.63, 3.8) is 0 Å². The summed E-state index contributed by atoms with van der Waals surface area (Å²) in [6.45, 7) is 4.42. The maximum atomic E-state index is 12.8. The largest absolute Gasteiger partial charge is 0.497 e. The van der Waals surface area contributed by atoms with Gasteiger partial charge in [0.15, 0.2) is 6.61 Å². The summed E-state index contributed by atoms with van der Waals surface area (Å²) in [6, 6.07) is 16.3. The van der Waals surface area contributed by atoms with Crippen LogP contribution in [0.2, 0.25) is 0 Å². The van der Waals surface area contributed by atoms with E-state index in [1.165, 1.54) is 0 Å². The van der Waals surface area contributed by atoms with Gasteiger partial charge in [-0.15, -0.1) is 0 Å². The Morgan fingerprint density at radius 1 is 1.04 bits per heavy atom. The van der Waals surface area contributed by atoms with E-state index in [-0.39, 0.29) is 18.4 Å². The third-order valence-corrected chi connectivity index (χ3v) is 4.42. The van der Waals surface area contributed by atoms with Crippen LogP contribution >= 0.6 is 0 Å². The normalized spacial score (nSPS) is 11.4. The van der Waals surface area contributed by atoms with E-state index in [0.29, 0.717) is 31.0 Å². The van der Waals surface area contributed by atoms with Gasteiger partial charge in [0.1, 0.15) is 17.5 Å². The molecule has 1 atom stereocenters. The number of carbonyl (C=O) groups is 2. The van der Waals surface area contributed by atoms with Crippen LogP contribution in [0.1, 0.15) is 19.4 Å². The Balaban J connectivity index is 2.02. The average molecular weight is 384 g/mol. The molecule has 0 heterocycles. The molecule has 0 aliphatic carbocycles. The van der Waals surface area contributed by atoms with Crippen LogP contribution in [0.15, 0.2) is 54.6 Å². The topological polar surface area (TPSA) is 67.9 Å². The second kappa shape index (κ2) is 11.0. The molecular formula is C22H28N2O4. The molecule has 2 aromatic carbocycles. The number of hydrogen-bond donors (Lipinski definition) is 1. The molecular weight excluding hydrogens is 356 g/mol. The van der Waals surface area contributed by atoms with Crippen molar-refractivity contribution in [1.82, 2.24) is 10.2 Å². The van der Waals surface area contributed by atoms with E-state index >= 15 is 0 Å². The number of nitrogens with zero attached hydrogens (tertiary/aromatic N) is 1. The number of rotatable bonds is 10. The monoisotopic (exact) mass is 384 g/mol. The smallest absolute Gasteiger partial charge is 0.261 e. The molecule has 2 aromatic rings. The molecule has 2 amide bonds. The van der Waals surface area contributed by atoms with Gasteiger partial charge in [-0.2, -0.15) is 0 Å². The molecule has 0 unspecified atom stereocenters. The lowest BCUT2D eigenvalue weighted by molar-refractivity contribution is -0.141. The third-order valence-electron chi connectivity index (χ3n) is 4.42. The predicted octanol–water partition coefficient (Wildman–Crippen LogP) is 2.67. The fraction of sp³-hybridized carbons (Fsp3) is 0.364. The minimum Gasteiger partial charge on any atom is -0.497 e. The van der Waals surface area contributed by atoms with Gasteiger partial charge >= 0.3 is 0 Å². The molecule has 2 rings (SSSR count). The van der Waals surface area contributed by atoms with E-state index in [1.54, 1.807) is 43.2 Å². The van der Waals surface area contributed by atoms with Crippen LogP contribution in [-0.4, -0.2) is 49.6 Å². The Morgan fingerprint density at radius 3 is 2.29 bits per heavy atom. The molecule has 0 bridgehead atoms. The van der Waals surface area contributed by atoms with Crippen molar-refractivity contribution in [2.45, 2.75) is 26.3 Å². The highest BCUT2D eigenvalue weighted by Gasteiger charge is 2.25. The van der Waals surface area contributed by atoms with Gasteiger partial charge in [0.25, 0.3) is 5.91 Å². The van der Waals surface area contributed by atoms with Crippen molar-refractivity contribution in [1.29, 1.82) is 0 Å². The minimum absolute atomic E-state index is 0.134. The lowest BCUT2D eigenvalue weighted by Crippen LogP contribution is -2.50. The first-order chi connectivity index (χ1) is 13.5. The van der Waals surface area contributed by atoms with Crippen LogP contribution in [0, 0.1) is 0 Å². The molecule has 6 heteroatoms. The number of carbonyl (C=O) groups excluding carboxylic acids is 2. The summed E-state index contributed by atoms with van der Waals surface area (Å²) in [5.41, 5.74) is 1.11. The van der Waals surface area contributed by atoms with Crippen molar-refractivity contribution < 1.29 is 19.1 Å². The Bertz CT molecular complexity index is 747. The van der Waals surface area contributed by atoms with Gasteiger partial charge in [-0.1, -0.05) is 30.3 Å². The first-order valence-electron chi connectivity index (χ1n) is 9.43. The average Bonchev–Trinajstić information content (AvgIpc) is 2.73. The van der Waals surface area contributed by atoms with Crippen LogP contribution in [-0.2, 0) is 16.0 Å². The quantitative estimate of drug-likeness (QED) is 0.684. The third kappa shape index (κ3) is 6.30. The molecule has 6 nitrogen and oxygen atoms in total. The van der Waals surface area contributed by atoms with Gasteiger partial charge in [-0.25, -0.2) is 0 Å². The van der Waals surface area contributed by atoms with E-state index in [1.807, 2.05) is 37.3 Å². The number of hydrogen-bond acceptors (Lipinski definition) is 4. The van der Waals surface area contributed by atoms with Gasteiger partial charge in [0, 0.05) is 13.1 Å². The zero-order chi connectivity index (χ0) is 20.4. The number of likely N-dealkylation sites (N-methyl/N-ethyl adjacent to an activating group) is 1. The Kier molecular flexibility index (Phi) is 8.34. The zero-order valence-corrected chi connectivity index (χ0v) is 16.7.